The number of aliphatic hydroxyl groups is 1. The predicted molar refractivity (Wildman–Crippen MR) is 105 cm³/mol. The standard InChI is InChI=1S/C21H32N4O2/c1-21(2,3)20-22-19(23-27-20)16-24-12-13-25(18(15-24)10-14-26)11-9-17-7-5-4-6-8-17/h4-8,18,26H,9-16H2,1-3H3/t18-/m0/s1. The van der Waals surface area contributed by atoms with Crippen LogP contribution in [0.1, 0.15) is 44.5 Å². The van der Waals surface area contributed by atoms with Gasteiger partial charge in [0, 0.05) is 44.2 Å². The third-order valence-electron chi connectivity index (χ3n) is 5.16. The molecule has 1 atom stereocenters. The first-order chi connectivity index (χ1) is 13.0. The van der Waals surface area contributed by atoms with Crippen molar-refractivity contribution in [2.75, 3.05) is 32.8 Å². The molecule has 0 aliphatic carbocycles. The lowest BCUT2D eigenvalue weighted by Crippen LogP contribution is -2.53. The van der Waals surface area contributed by atoms with E-state index in [0.29, 0.717) is 18.5 Å². The van der Waals surface area contributed by atoms with Crippen LogP contribution in [-0.4, -0.2) is 63.9 Å². The van der Waals surface area contributed by atoms with Gasteiger partial charge in [-0.2, -0.15) is 4.98 Å². The number of benzene rings is 1. The molecular weight excluding hydrogens is 340 g/mol. The summed E-state index contributed by atoms with van der Waals surface area (Å²) in [5.41, 5.74) is 1.24. The SMILES string of the molecule is CC(C)(C)c1nc(CN2CCN(CCc3ccccc3)[C@@H](CCO)C2)no1. The molecule has 1 aromatic heterocycles. The quantitative estimate of drug-likeness (QED) is 0.805. The van der Waals surface area contributed by atoms with Crippen LogP contribution in [0.3, 0.4) is 0 Å². The topological polar surface area (TPSA) is 65.6 Å². The number of aliphatic hydroxyl groups excluding tert-OH is 1. The van der Waals surface area contributed by atoms with Gasteiger partial charge < -0.3 is 9.63 Å². The largest absolute Gasteiger partial charge is 0.396 e. The van der Waals surface area contributed by atoms with E-state index in [2.05, 4.69) is 71.0 Å². The Morgan fingerprint density at radius 3 is 2.63 bits per heavy atom. The Kier molecular flexibility index (Phi) is 6.63. The number of piperazine rings is 1. The Balaban J connectivity index is 1.56. The maximum absolute atomic E-state index is 9.51. The first-order valence-electron chi connectivity index (χ1n) is 9.90. The van der Waals surface area contributed by atoms with E-state index in [4.69, 9.17) is 4.52 Å². The highest BCUT2D eigenvalue weighted by Crippen LogP contribution is 2.21. The third-order valence-corrected chi connectivity index (χ3v) is 5.16. The Hall–Kier alpha value is -1.76. The van der Waals surface area contributed by atoms with E-state index in [-0.39, 0.29) is 12.0 Å². The molecule has 2 aromatic rings. The Bertz CT molecular complexity index is 696. The molecule has 1 N–H and O–H groups in total. The summed E-state index contributed by atoms with van der Waals surface area (Å²) in [6.07, 6.45) is 1.84. The van der Waals surface area contributed by atoms with E-state index in [1.165, 1.54) is 5.56 Å². The summed E-state index contributed by atoms with van der Waals surface area (Å²) in [6.45, 7) is 11.1. The number of hydrogen-bond donors (Lipinski definition) is 1. The zero-order valence-electron chi connectivity index (χ0n) is 16.8. The highest BCUT2D eigenvalue weighted by atomic mass is 16.5. The van der Waals surface area contributed by atoms with Crippen LogP contribution in [0.5, 0.6) is 0 Å². The van der Waals surface area contributed by atoms with Gasteiger partial charge in [0.05, 0.1) is 6.54 Å². The molecule has 6 nitrogen and oxygen atoms in total. The summed E-state index contributed by atoms with van der Waals surface area (Å²) < 4.78 is 5.42. The van der Waals surface area contributed by atoms with Gasteiger partial charge in [-0.1, -0.05) is 56.3 Å². The molecule has 3 rings (SSSR count). The van der Waals surface area contributed by atoms with Crippen molar-refractivity contribution in [1.29, 1.82) is 0 Å². The minimum Gasteiger partial charge on any atom is -0.396 e. The molecule has 1 aliphatic heterocycles. The second-order valence-corrected chi connectivity index (χ2v) is 8.44. The molecule has 27 heavy (non-hydrogen) atoms. The van der Waals surface area contributed by atoms with Crippen molar-refractivity contribution in [2.45, 2.75) is 51.6 Å². The molecule has 0 bridgehead atoms. The molecule has 6 heteroatoms. The Morgan fingerprint density at radius 2 is 1.96 bits per heavy atom. The highest BCUT2D eigenvalue weighted by Gasteiger charge is 2.28. The first-order valence-corrected chi connectivity index (χ1v) is 9.90. The van der Waals surface area contributed by atoms with Crippen LogP contribution in [0.25, 0.3) is 0 Å². The molecule has 148 valence electrons. The van der Waals surface area contributed by atoms with Crippen molar-refractivity contribution >= 4 is 0 Å². The van der Waals surface area contributed by atoms with E-state index >= 15 is 0 Å². The van der Waals surface area contributed by atoms with Gasteiger partial charge in [-0.15, -0.1) is 0 Å². The fourth-order valence-corrected chi connectivity index (χ4v) is 3.56. The van der Waals surface area contributed by atoms with Gasteiger partial charge in [-0.3, -0.25) is 9.80 Å². The molecule has 0 saturated carbocycles. The molecule has 0 unspecified atom stereocenters. The number of nitrogens with zero attached hydrogens (tertiary/aromatic N) is 4. The number of hydrogen-bond acceptors (Lipinski definition) is 6. The van der Waals surface area contributed by atoms with E-state index in [1.54, 1.807) is 0 Å². The number of aromatic nitrogens is 2. The van der Waals surface area contributed by atoms with Gasteiger partial charge in [0.1, 0.15) is 0 Å². The van der Waals surface area contributed by atoms with Crippen molar-refractivity contribution in [3.8, 4) is 0 Å². The molecule has 2 heterocycles. The Morgan fingerprint density at radius 1 is 1.19 bits per heavy atom. The highest BCUT2D eigenvalue weighted by molar-refractivity contribution is 5.15. The second-order valence-electron chi connectivity index (χ2n) is 8.44. The van der Waals surface area contributed by atoms with Crippen molar-refractivity contribution in [3.63, 3.8) is 0 Å². The summed E-state index contributed by atoms with van der Waals surface area (Å²) >= 11 is 0. The molecule has 0 spiro atoms. The monoisotopic (exact) mass is 372 g/mol. The average molecular weight is 373 g/mol. The van der Waals surface area contributed by atoms with Gasteiger partial charge in [-0.05, 0) is 18.4 Å². The maximum atomic E-state index is 9.51. The van der Waals surface area contributed by atoms with Crippen molar-refractivity contribution in [2.24, 2.45) is 0 Å². The van der Waals surface area contributed by atoms with E-state index in [0.717, 1.165) is 44.8 Å². The van der Waals surface area contributed by atoms with E-state index in [9.17, 15) is 5.11 Å². The van der Waals surface area contributed by atoms with Gasteiger partial charge in [0.25, 0.3) is 0 Å². The molecular formula is C21H32N4O2. The minimum absolute atomic E-state index is 0.124. The van der Waals surface area contributed by atoms with Crippen LogP contribution in [0.15, 0.2) is 34.9 Å². The lowest BCUT2D eigenvalue weighted by molar-refractivity contribution is 0.0545. The third kappa shape index (κ3) is 5.61. The molecule has 1 fully saturated rings. The second kappa shape index (κ2) is 8.95. The summed E-state index contributed by atoms with van der Waals surface area (Å²) in [5.74, 6) is 1.44. The van der Waals surface area contributed by atoms with Gasteiger partial charge in [0.2, 0.25) is 5.89 Å². The zero-order valence-corrected chi connectivity index (χ0v) is 16.8. The van der Waals surface area contributed by atoms with E-state index < -0.39 is 0 Å². The number of rotatable bonds is 7. The first kappa shape index (κ1) is 20.0. The lowest BCUT2D eigenvalue weighted by atomic mass is 9.97. The van der Waals surface area contributed by atoms with Crippen molar-refractivity contribution < 1.29 is 9.63 Å². The summed E-state index contributed by atoms with van der Waals surface area (Å²) in [7, 11) is 0. The van der Waals surface area contributed by atoms with Crippen LogP contribution in [0, 0.1) is 0 Å². The molecule has 1 saturated heterocycles. The summed E-state index contributed by atoms with van der Waals surface area (Å²) in [5, 5.41) is 13.7. The maximum Gasteiger partial charge on any atom is 0.232 e. The average Bonchev–Trinajstić information content (AvgIpc) is 3.11. The minimum atomic E-state index is -0.124. The Labute approximate surface area is 162 Å². The van der Waals surface area contributed by atoms with Crippen molar-refractivity contribution in [1.82, 2.24) is 19.9 Å². The molecule has 0 radical (unpaired) electrons. The smallest absolute Gasteiger partial charge is 0.232 e. The molecule has 1 aliphatic rings. The molecule has 1 aromatic carbocycles. The van der Waals surface area contributed by atoms with Crippen molar-refractivity contribution in [3.05, 3.63) is 47.6 Å². The predicted octanol–water partition coefficient (Wildman–Crippen LogP) is 2.48. The van der Waals surface area contributed by atoms with Gasteiger partial charge in [0.15, 0.2) is 5.82 Å². The van der Waals surface area contributed by atoms with Crippen LogP contribution in [0.4, 0.5) is 0 Å². The van der Waals surface area contributed by atoms with Crippen LogP contribution in [0.2, 0.25) is 0 Å². The van der Waals surface area contributed by atoms with Gasteiger partial charge >= 0.3 is 0 Å². The summed E-state index contributed by atoms with van der Waals surface area (Å²) in [4.78, 5) is 9.44. The zero-order chi connectivity index (χ0) is 19.3. The lowest BCUT2D eigenvalue weighted by Gasteiger charge is -2.41. The molecule has 0 amide bonds. The normalized spacial score (nSPS) is 19.5. The van der Waals surface area contributed by atoms with Crippen LogP contribution >= 0.6 is 0 Å². The van der Waals surface area contributed by atoms with Crippen LogP contribution < -0.4 is 0 Å². The fourth-order valence-electron chi connectivity index (χ4n) is 3.56. The fraction of sp³-hybridized carbons (Fsp3) is 0.619. The van der Waals surface area contributed by atoms with E-state index in [1.807, 2.05) is 0 Å². The van der Waals surface area contributed by atoms with Gasteiger partial charge in [-0.25, -0.2) is 0 Å². The van der Waals surface area contributed by atoms with Crippen LogP contribution in [-0.2, 0) is 18.4 Å². The summed E-state index contributed by atoms with van der Waals surface area (Å²) in [6, 6.07) is 11.0.